The van der Waals surface area contributed by atoms with E-state index in [-0.39, 0.29) is 6.61 Å². The van der Waals surface area contributed by atoms with E-state index in [9.17, 15) is 4.79 Å². The van der Waals surface area contributed by atoms with Crippen LogP contribution in [0, 0.1) is 0 Å². The predicted molar refractivity (Wildman–Crippen MR) is 60.1 cm³/mol. The van der Waals surface area contributed by atoms with Gasteiger partial charge in [0.15, 0.2) is 6.29 Å². The van der Waals surface area contributed by atoms with Gasteiger partial charge in [0.1, 0.15) is 0 Å². The molecule has 0 spiro atoms. The van der Waals surface area contributed by atoms with E-state index in [0.717, 1.165) is 17.4 Å². The Morgan fingerprint density at radius 2 is 2.19 bits per heavy atom. The van der Waals surface area contributed by atoms with Crippen molar-refractivity contribution >= 4 is 6.29 Å². The van der Waals surface area contributed by atoms with Crippen LogP contribution in [0.5, 0.6) is 0 Å². The summed E-state index contributed by atoms with van der Waals surface area (Å²) >= 11 is 0. The molecular weight excluding hydrogens is 204 g/mol. The number of aldehydes is 1. The lowest BCUT2D eigenvalue weighted by Gasteiger charge is -2.00. The van der Waals surface area contributed by atoms with Crippen LogP contribution in [-0.4, -0.2) is 27.8 Å². The number of carbonyl (C=O) groups excluding carboxylic acids is 1. The van der Waals surface area contributed by atoms with E-state index in [1.165, 1.54) is 0 Å². The van der Waals surface area contributed by atoms with Gasteiger partial charge in [-0.05, 0) is 5.56 Å². The highest BCUT2D eigenvalue weighted by Gasteiger charge is 2.05. The summed E-state index contributed by atoms with van der Waals surface area (Å²) in [6.07, 6.45) is 4.34. The molecule has 0 aliphatic rings. The fourth-order valence-corrected chi connectivity index (χ4v) is 1.59. The highest BCUT2D eigenvalue weighted by molar-refractivity contribution is 5.87. The highest BCUT2D eigenvalue weighted by Crippen LogP contribution is 2.21. The zero-order chi connectivity index (χ0) is 11.4. The first-order valence-corrected chi connectivity index (χ1v) is 5.03. The maximum absolute atomic E-state index is 10.9. The van der Waals surface area contributed by atoms with Crippen LogP contribution >= 0.6 is 0 Å². The number of hydrogen-bond donors (Lipinski definition) is 1. The van der Waals surface area contributed by atoms with Crippen molar-refractivity contribution in [2.75, 3.05) is 6.61 Å². The Bertz CT molecular complexity index is 491. The van der Waals surface area contributed by atoms with E-state index < -0.39 is 0 Å². The normalized spacial score (nSPS) is 10.3. The SMILES string of the molecule is O=Cc1ccccc1-c1cnn(CCO)c1. The van der Waals surface area contributed by atoms with Gasteiger partial charge in [0.2, 0.25) is 0 Å². The molecule has 2 rings (SSSR count). The second kappa shape index (κ2) is 4.72. The lowest BCUT2D eigenvalue weighted by atomic mass is 10.0. The first-order chi connectivity index (χ1) is 7.85. The van der Waals surface area contributed by atoms with Gasteiger partial charge in [0.25, 0.3) is 0 Å². The molecule has 4 heteroatoms. The number of rotatable bonds is 4. The molecule has 2 aromatic rings. The average molecular weight is 216 g/mol. The van der Waals surface area contributed by atoms with Crippen molar-refractivity contribution in [2.45, 2.75) is 6.54 Å². The van der Waals surface area contributed by atoms with Gasteiger partial charge in [0.05, 0.1) is 19.3 Å². The zero-order valence-electron chi connectivity index (χ0n) is 8.71. The first kappa shape index (κ1) is 10.6. The molecule has 0 unspecified atom stereocenters. The molecule has 4 nitrogen and oxygen atoms in total. The molecule has 0 radical (unpaired) electrons. The standard InChI is InChI=1S/C12H12N2O2/c15-6-5-14-8-11(7-13-14)12-4-2-1-3-10(12)9-16/h1-4,7-9,15H,5-6H2. The van der Waals surface area contributed by atoms with E-state index in [0.29, 0.717) is 12.1 Å². The van der Waals surface area contributed by atoms with Gasteiger partial charge >= 0.3 is 0 Å². The van der Waals surface area contributed by atoms with E-state index in [4.69, 9.17) is 5.11 Å². The molecule has 1 N–H and O–H groups in total. The summed E-state index contributed by atoms with van der Waals surface area (Å²) in [4.78, 5) is 10.9. The Hall–Kier alpha value is -1.94. The van der Waals surface area contributed by atoms with Crippen molar-refractivity contribution in [2.24, 2.45) is 0 Å². The van der Waals surface area contributed by atoms with Crippen LogP contribution in [0.15, 0.2) is 36.7 Å². The molecule has 16 heavy (non-hydrogen) atoms. The molecule has 1 heterocycles. The van der Waals surface area contributed by atoms with Crippen molar-refractivity contribution in [1.29, 1.82) is 0 Å². The van der Waals surface area contributed by atoms with Crippen LogP contribution in [0.4, 0.5) is 0 Å². The fraction of sp³-hybridized carbons (Fsp3) is 0.167. The van der Waals surface area contributed by atoms with Gasteiger partial charge in [-0.3, -0.25) is 9.48 Å². The third-order valence-corrected chi connectivity index (χ3v) is 2.36. The Labute approximate surface area is 93.1 Å². The summed E-state index contributed by atoms with van der Waals surface area (Å²) in [6.45, 7) is 0.514. The zero-order valence-corrected chi connectivity index (χ0v) is 8.71. The Morgan fingerprint density at radius 1 is 1.38 bits per heavy atom. The summed E-state index contributed by atoms with van der Waals surface area (Å²) in [5.74, 6) is 0. The first-order valence-electron chi connectivity index (χ1n) is 5.03. The van der Waals surface area contributed by atoms with Gasteiger partial charge in [-0.25, -0.2) is 0 Å². The molecule has 1 aromatic heterocycles. The Morgan fingerprint density at radius 3 is 2.94 bits per heavy atom. The lowest BCUT2D eigenvalue weighted by Crippen LogP contribution is -2.01. The summed E-state index contributed by atoms with van der Waals surface area (Å²) in [5.41, 5.74) is 2.39. The number of nitrogens with zero attached hydrogens (tertiary/aromatic N) is 2. The Kier molecular flexibility index (Phi) is 3.12. The summed E-state index contributed by atoms with van der Waals surface area (Å²) in [6, 6.07) is 7.35. The number of hydrogen-bond acceptors (Lipinski definition) is 3. The molecule has 0 atom stereocenters. The molecule has 0 bridgehead atoms. The number of aliphatic hydroxyl groups is 1. The van der Waals surface area contributed by atoms with Gasteiger partial charge in [-0.15, -0.1) is 0 Å². The van der Waals surface area contributed by atoms with E-state index in [1.54, 1.807) is 16.9 Å². The lowest BCUT2D eigenvalue weighted by molar-refractivity contribution is 0.112. The molecule has 0 saturated heterocycles. The van der Waals surface area contributed by atoms with Crippen molar-refractivity contribution in [1.82, 2.24) is 9.78 Å². The predicted octanol–water partition coefficient (Wildman–Crippen LogP) is 1.35. The highest BCUT2D eigenvalue weighted by atomic mass is 16.3. The molecule has 0 amide bonds. The molecule has 1 aromatic carbocycles. The minimum atomic E-state index is 0.0520. The van der Waals surface area contributed by atoms with Crippen LogP contribution in [-0.2, 0) is 6.54 Å². The second-order valence-electron chi connectivity index (χ2n) is 3.42. The van der Waals surface area contributed by atoms with E-state index in [2.05, 4.69) is 5.10 Å². The maximum atomic E-state index is 10.9. The molecule has 0 fully saturated rings. The van der Waals surface area contributed by atoms with Crippen LogP contribution in [0.2, 0.25) is 0 Å². The molecule has 0 aliphatic heterocycles. The molecule has 82 valence electrons. The minimum Gasteiger partial charge on any atom is -0.394 e. The van der Waals surface area contributed by atoms with Crippen molar-refractivity contribution in [3.05, 3.63) is 42.2 Å². The summed E-state index contributed by atoms with van der Waals surface area (Å²) in [5, 5.41) is 12.9. The number of aromatic nitrogens is 2. The number of benzene rings is 1. The van der Waals surface area contributed by atoms with Crippen LogP contribution in [0.1, 0.15) is 10.4 Å². The fourth-order valence-electron chi connectivity index (χ4n) is 1.59. The van der Waals surface area contributed by atoms with Crippen LogP contribution in [0.25, 0.3) is 11.1 Å². The minimum absolute atomic E-state index is 0.0520. The Balaban J connectivity index is 2.38. The van der Waals surface area contributed by atoms with Gasteiger partial charge in [0, 0.05) is 17.3 Å². The van der Waals surface area contributed by atoms with Crippen molar-refractivity contribution in [3.63, 3.8) is 0 Å². The smallest absolute Gasteiger partial charge is 0.150 e. The number of carbonyl (C=O) groups is 1. The topological polar surface area (TPSA) is 55.1 Å². The largest absolute Gasteiger partial charge is 0.394 e. The van der Waals surface area contributed by atoms with Crippen molar-refractivity contribution in [3.8, 4) is 11.1 Å². The van der Waals surface area contributed by atoms with Crippen LogP contribution in [0.3, 0.4) is 0 Å². The van der Waals surface area contributed by atoms with E-state index in [1.807, 2.05) is 24.4 Å². The third-order valence-electron chi connectivity index (χ3n) is 2.36. The second-order valence-corrected chi connectivity index (χ2v) is 3.42. The third kappa shape index (κ3) is 2.01. The summed E-state index contributed by atoms with van der Waals surface area (Å²) in [7, 11) is 0. The molecule has 0 saturated carbocycles. The molecular formula is C12H12N2O2. The molecule has 0 aliphatic carbocycles. The monoisotopic (exact) mass is 216 g/mol. The quantitative estimate of drug-likeness (QED) is 0.785. The maximum Gasteiger partial charge on any atom is 0.150 e. The van der Waals surface area contributed by atoms with Crippen LogP contribution < -0.4 is 0 Å². The summed E-state index contributed by atoms with van der Waals surface area (Å²) < 4.78 is 1.65. The average Bonchev–Trinajstić information content (AvgIpc) is 2.78. The van der Waals surface area contributed by atoms with Gasteiger partial charge < -0.3 is 5.11 Å². The van der Waals surface area contributed by atoms with Crippen molar-refractivity contribution < 1.29 is 9.90 Å². The van der Waals surface area contributed by atoms with Gasteiger partial charge in [-0.1, -0.05) is 24.3 Å². The number of aliphatic hydroxyl groups excluding tert-OH is 1. The van der Waals surface area contributed by atoms with E-state index >= 15 is 0 Å². The van der Waals surface area contributed by atoms with Gasteiger partial charge in [-0.2, -0.15) is 5.10 Å².